The Morgan fingerprint density at radius 1 is 1.24 bits per heavy atom. The maximum atomic E-state index is 11.7. The van der Waals surface area contributed by atoms with E-state index in [1.807, 2.05) is 0 Å². The van der Waals surface area contributed by atoms with E-state index >= 15 is 0 Å². The van der Waals surface area contributed by atoms with E-state index in [0.29, 0.717) is 6.04 Å². The van der Waals surface area contributed by atoms with Crippen LogP contribution in [0, 0.1) is 5.92 Å². The van der Waals surface area contributed by atoms with Crippen LogP contribution in [0.5, 0.6) is 0 Å². The molecule has 1 heterocycles. The summed E-state index contributed by atoms with van der Waals surface area (Å²) in [6, 6.07) is 0.466. The summed E-state index contributed by atoms with van der Waals surface area (Å²) < 4.78 is 0. The van der Waals surface area contributed by atoms with Crippen LogP contribution in [-0.2, 0) is 4.79 Å². The molecule has 2 aliphatic rings. The predicted molar refractivity (Wildman–Crippen MR) is 85.5 cm³/mol. The number of carboxylic acid groups (broad SMARTS) is 1. The van der Waals surface area contributed by atoms with Crippen molar-refractivity contribution in [3.05, 3.63) is 0 Å². The van der Waals surface area contributed by atoms with Crippen LogP contribution >= 0.6 is 0 Å². The quantitative estimate of drug-likeness (QED) is 0.758. The molecule has 0 amide bonds. The van der Waals surface area contributed by atoms with E-state index < -0.39 is 11.5 Å². The average molecular weight is 296 g/mol. The summed E-state index contributed by atoms with van der Waals surface area (Å²) in [5.41, 5.74) is -0.666. The summed E-state index contributed by atoms with van der Waals surface area (Å²) in [6.45, 7) is 7.49. The molecule has 0 radical (unpaired) electrons. The minimum absolute atomic E-state index is 0.466. The summed E-state index contributed by atoms with van der Waals surface area (Å²) in [5, 5.41) is 13.0. The minimum Gasteiger partial charge on any atom is -0.480 e. The number of carbonyl (C=O) groups is 1. The maximum absolute atomic E-state index is 11.7. The van der Waals surface area contributed by atoms with Crippen molar-refractivity contribution in [2.75, 3.05) is 19.6 Å². The van der Waals surface area contributed by atoms with E-state index in [1.165, 1.54) is 38.8 Å². The Morgan fingerprint density at radius 3 is 2.52 bits per heavy atom. The second-order valence-corrected chi connectivity index (χ2v) is 6.98. The van der Waals surface area contributed by atoms with Gasteiger partial charge in [0.25, 0.3) is 0 Å². The Bertz CT molecular complexity index is 340. The van der Waals surface area contributed by atoms with Gasteiger partial charge in [-0.05, 0) is 64.1 Å². The number of hydrogen-bond acceptors (Lipinski definition) is 3. The molecule has 0 aromatic heterocycles. The Balaban J connectivity index is 1.88. The van der Waals surface area contributed by atoms with Gasteiger partial charge in [0.1, 0.15) is 5.54 Å². The van der Waals surface area contributed by atoms with Gasteiger partial charge in [0, 0.05) is 6.04 Å². The third-order valence-corrected chi connectivity index (χ3v) is 5.47. The fraction of sp³-hybridized carbons (Fsp3) is 0.941. The summed E-state index contributed by atoms with van der Waals surface area (Å²) in [4.78, 5) is 14.3. The van der Waals surface area contributed by atoms with Crippen LogP contribution in [0.4, 0.5) is 0 Å². The molecule has 0 spiro atoms. The molecule has 2 atom stereocenters. The van der Waals surface area contributed by atoms with Crippen molar-refractivity contribution in [2.45, 2.75) is 76.8 Å². The molecule has 0 aromatic carbocycles. The van der Waals surface area contributed by atoms with Gasteiger partial charge in [0.2, 0.25) is 0 Å². The Morgan fingerprint density at radius 2 is 1.95 bits per heavy atom. The Labute approximate surface area is 129 Å². The van der Waals surface area contributed by atoms with Gasteiger partial charge in [-0.1, -0.05) is 26.7 Å². The van der Waals surface area contributed by atoms with Crippen LogP contribution in [0.15, 0.2) is 0 Å². The molecule has 1 saturated heterocycles. The van der Waals surface area contributed by atoms with Gasteiger partial charge < -0.3 is 15.3 Å². The summed E-state index contributed by atoms with van der Waals surface area (Å²) >= 11 is 0. The highest BCUT2D eigenvalue weighted by atomic mass is 16.4. The number of carboxylic acids is 1. The summed E-state index contributed by atoms with van der Waals surface area (Å²) in [6.07, 6.45) is 8.82. The lowest BCUT2D eigenvalue weighted by Gasteiger charge is -2.37. The zero-order valence-electron chi connectivity index (χ0n) is 13.7. The molecule has 1 aliphatic carbocycles. The average Bonchev–Trinajstić information content (AvgIpc) is 2.92. The van der Waals surface area contributed by atoms with Gasteiger partial charge in [-0.15, -0.1) is 0 Å². The summed E-state index contributed by atoms with van der Waals surface area (Å²) in [7, 11) is 0. The highest BCUT2D eigenvalue weighted by Crippen LogP contribution is 2.35. The SMILES string of the molecule is CCCNC1(C(=O)O)CCC(N2CCC(CCC)CC2)C1. The number of likely N-dealkylation sites (tertiary alicyclic amines) is 1. The molecular weight excluding hydrogens is 264 g/mol. The van der Waals surface area contributed by atoms with Crippen LogP contribution < -0.4 is 5.32 Å². The molecule has 2 rings (SSSR count). The van der Waals surface area contributed by atoms with Gasteiger partial charge >= 0.3 is 5.97 Å². The van der Waals surface area contributed by atoms with Crippen molar-refractivity contribution < 1.29 is 9.90 Å². The molecule has 2 N–H and O–H groups in total. The van der Waals surface area contributed by atoms with Gasteiger partial charge in [-0.3, -0.25) is 4.79 Å². The smallest absolute Gasteiger partial charge is 0.323 e. The Hall–Kier alpha value is -0.610. The van der Waals surface area contributed by atoms with Crippen molar-refractivity contribution in [1.29, 1.82) is 0 Å². The normalized spacial score (nSPS) is 31.6. The molecule has 0 bridgehead atoms. The monoisotopic (exact) mass is 296 g/mol. The second kappa shape index (κ2) is 7.59. The third-order valence-electron chi connectivity index (χ3n) is 5.47. The standard InChI is InChI=1S/C17H32N2O2/c1-3-5-14-7-11-19(12-8-14)15-6-9-17(13-15,16(20)21)18-10-4-2/h14-15,18H,3-13H2,1-2H3,(H,20,21). The minimum atomic E-state index is -0.666. The highest BCUT2D eigenvalue weighted by Gasteiger charge is 2.46. The first-order valence-electron chi connectivity index (χ1n) is 8.83. The van der Waals surface area contributed by atoms with Gasteiger partial charge in [0.05, 0.1) is 0 Å². The molecule has 4 nitrogen and oxygen atoms in total. The molecular formula is C17H32N2O2. The fourth-order valence-electron chi connectivity index (χ4n) is 4.14. The lowest BCUT2D eigenvalue weighted by molar-refractivity contribution is -0.144. The van der Waals surface area contributed by atoms with E-state index in [1.54, 1.807) is 0 Å². The molecule has 0 aromatic rings. The lowest BCUT2D eigenvalue weighted by Crippen LogP contribution is -2.52. The van der Waals surface area contributed by atoms with E-state index in [9.17, 15) is 9.90 Å². The molecule has 1 aliphatic heterocycles. The fourth-order valence-corrected chi connectivity index (χ4v) is 4.14. The van der Waals surface area contributed by atoms with Crippen molar-refractivity contribution in [3.63, 3.8) is 0 Å². The van der Waals surface area contributed by atoms with Crippen LogP contribution in [0.2, 0.25) is 0 Å². The molecule has 2 unspecified atom stereocenters. The predicted octanol–water partition coefficient (Wildman–Crippen LogP) is 2.87. The first-order chi connectivity index (χ1) is 10.1. The van der Waals surface area contributed by atoms with Crippen LogP contribution in [0.25, 0.3) is 0 Å². The van der Waals surface area contributed by atoms with Crippen molar-refractivity contribution in [3.8, 4) is 0 Å². The number of rotatable bonds is 7. The van der Waals surface area contributed by atoms with Crippen molar-refractivity contribution in [1.82, 2.24) is 10.2 Å². The molecule has 122 valence electrons. The zero-order chi connectivity index (χ0) is 15.3. The molecule has 4 heteroatoms. The molecule has 1 saturated carbocycles. The number of aliphatic carboxylic acids is 1. The second-order valence-electron chi connectivity index (χ2n) is 6.98. The van der Waals surface area contributed by atoms with E-state index in [2.05, 4.69) is 24.1 Å². The van der Waals surface area contributed by atoms with Gasteiger partial charge in [0.15, 0.2) is 0 Å². The number of piperidine rings is 1. The van der Waals surface area contributed by atoms with Gasteiger partial charge in [-0.25, -0.2) is 0 Å². The van der Waals surface area contributed by atoms with Crippen LogP contribution in [0.1, 0.15) is 65.2 Å². The third kappa shape index (κ3) is 3.98. The topological polar surface area (TPSA) is 52.6 Å². The van der Waals surface area contributed by atoms with Crippen molar-refractivity contribution in [2.24, 2.45) is 5.92 Å². The molecule has 21 heavy (non-hydrogen) atoms. The van der Waals surface area contributed by atoms with Gasteiger partial charge in [-0.2, -0.15) is 0 Å². The van der Waals surface area contributed by atoms with Crippen LogP contribution in [-0.4, -0.2) is 47.2 Å². The first-order valence-corrected chi connectivity index (χ1v) is 8.83. The number of nitrogens with zero attached hydrogens (tertiary/aromatic N) is 1. The maximum Gasteiger partial charge on any atom is 0.323 e. The lowest BCUT2D eigenvalue weighted by atomic mass is 9.91. The van der Waals surface area contributed by atoms with E-state index in [4.69, 9.17) is 0 Å². The molecule has 2 fully saturated rings. The Kier molecular flexibility index (Phi) is 6.06. The highest BCUT2D eigenvalue weighted by molar-refractivity contribution is 5.79. The van der Waals surface area contributed by atoms with E-state index in [0.717, 1.165) is 38.1 Å². The number of hydrogen-bond donors (Lipinski definition) is 2. The number of nitrogens with one attached hydrogen (secondary N) is 1. The zero-order valence-corrected chi connectivity index (χ0v) is 13.7. The van der Waals surface area contributed by atoms with Crippen LogP contribution in [0.3, 0.4) is 0 Å². The summed E-state index contributed by atoms with van der Waals surface area (Å²) in [5.74, 6) is 0.245. The largest absolute Gasteiger partial charge is 0.480 e. The van der Waals surface area contributed by atoms with Crippen molar-refractivity contribution >= 4 is 5.97 Å². The first kappa shape index (κ1) is 16.8. The van der Waals surface area contributed by atoms with E-state index in [-0.39, 0.29) is 0 Å².